The Labute approximate surface area is 95.7 Å². The van der Waals surface area contributed by atoms with Crippen LogP contribution in [-0.2, 0) is 0 Å². The van der Waals surface area contributed by atoms with Gasteiger partial charge in [0.1, 0.15) is 0 Å². The Bertz CT molecular complexity index is 503. The fourth-order valence-electron chi connectivity index (χ4n) is 2.39. The van der Waals surface area contributed by atoms with E-state index in [1.54, 1.807) is 0 Å². The molecule has 82 valence electrons. The van der Waals surface area contributed by atoms with Gasteiger partial charge in [0.15, 0.2) is 0 Å². The van der Waals surface area contributed by atoms with Gasteiger partial charge in [-0.25, -0.2) is 0 Å². The molecule has 2 heteroatoms. The first-order chi connectivity index (χ1) is 7.88. The molecule has 0 spiro atoms. The standard InChI is InChI=1S/C14H16N2/c1-15-14(10-4-5-10)12-6-7-13-11(9-12)3-2-8-16-13/h2-3,6-10,14-15H,4-5H2,1H3. The van der Waals surface area contributed by atoms with E-state index in [2.05, 4.69) is 41.6 Å². The van der Waals surface area contributed by atoms with Crippen LogP contribution >= 0.6 is 0 Å². The van der Waals surface area contributed by atoms with Crippen molar-refractivity contribution in [3.63, 3.8) is 0 Å². The predicted molar refractivity (Wildman–Crippen MR) is 66.3 cm³/mol. The van der Waals surface area contributed by atoms with Gasteiger partial charge in [-0.2, -0.15) is 0 Å². The summed E-state index contributed by atoms with van der Waals surface area (Å²) < 4.78 is 0. The van der Waals surface area contributed by atoms with Gasteiger partial charge >= 0.3 is 0 Å². The molecule has 1 aliphatic carbocycles. The molecule has 2 aromatic rings. The Morgan fingerprint density at radius 1 is 1.31 bits per heavy atom. The lowest BCUT2D eigenvalue weighted by molar-refractivity contribution is 0.529. The smallest absolute Gasteiger partial charge is 0.0702 e. The third kappa shape index (κ3) is 1.69. The zero-order chi connectivity index (χ0) is 11.0. The maximum atomic E-state index is 4.35. The normalized spacial score (nSPS) is 17.6. The van der Waals surface area contributed by atoms with Gasteiger partial charge in [-0.15, -0.1) is 0 Å². The molecule has 1 N–H and O–H groups in total. The first-order valence-electron chi connectivity index (χ1n) is 5.90. The van der Waals surface area contributed by atoms with E-state index in [0.29, 0.717) is 6.04 Å². The Morgan fingerprint density at radius 2 is 2.19 bits per heavy atom. The summed E-state index contributed by atoms with van der Waals surface area (Å²) >= 11 is 0. The van der Waals surface area contributed by atoms with Gasteiger partial charge in [0.2, 0.25) is 0 Å². The van der Waals surface area contributed by atoms with Crippen molar-refractivity contribution in [1.29, 1.82) is 0 Å². The van der Waals surface area contributed by atoms with Crippen molar-refractivity contribution in [1.82, 2.24) is 10.3 Å². The van der Waals surface area contributed by atoms with Crippen molar-refractivity contribution in [2.45, 2.75) is 18.9 Å². The van der Waals surface area contributed by atoms with Gasteiger partial charge in [0, 0.05) is 17.6 Å². The maximum Gasteiger partial charge on any atom is 0.0702 e. The average molecular weight is 212 g/mol. The molecule has 1 saturated carbocycles. The number of nitrogens with one attached hydrogen (secondary N) is 1. The summed E-state index contributed by atoms with van der Waals surface area (Å²) in [7, 11) is 2.05. The van der Waals surface area contributed by atoms with Crippen LogP contribution < -0.4 is 5.32 Å². The zero-order valence-electron chi connectivity index (χ0n) is 9.48. The Hall–Kier alpha value is -1.41. The number of pyridine rings is 1. The molecule has 3 rings (SSSR count). The monoisotopic (exact) mass is 212 g/mol. The summed E-state index contributed by atoms with van der Waals surface area (Å²) in [6.07, 6.45) is 4.56. The number of hydrogen-bond acceptors (Lipinski definition) is 2. The molecule has 1 aliphatic rings. The van der Waals surface area contributed by atoms with Gasteiger partial charge in [-0.05, 0) is 49.6 Å². The molecule has 1 aromatic carbocycles. The van der Waals surface area contributed by atoms with Crippen LogP contribution in [0.3, 0.4) is 0 Å². The van der Waals surface area contributed by atoms with E-state index in [9.17, 15) is 0 Å². The summed E-state index contributed by atoms with van der Waals surface area (Å²) in [5.74, 6) is 0.833. The van der Waals surface area contributed by atoms with Gasteiger partial charge in [0.25, 0.3) is 0 Å². The molecule has 0 aliphatic heterocycles. The fourth-order valence-corrected chi connectivity index (χ4v) is 2.39. The van der Waals surface area contributed by atoms with Crippen molar-refractivity contribution in [3.05, 3.63) is 42.1 Å². The van der Waals surface area contributed by atoms with Crippen LogP contribution in [0.25, 0.3) is 10.9 Å². The first-order valence-corrected chi connectivity index (χ1v) is 5.90. The SMILES string of the molecule is CNC(c1ccc2ncccc2c1)C1CC1. The largest absolute Gasteiger partial charge is 0.313 e. The molecular weight excluding hydrogens is 196 g/mol. The van der Waals surface area contributed by atoms with E-state index >= 15 is 0 Å². The van der Waals surface area contributed by atoms with Crippen molar-refractivity contribution in [2.24, 2.45) is 5.92 Å². The number of fused-ring (bicyclic) bond motifs is 1. The van der Waals surface area contributed by atoms with Gasteiger partial charge in [-0.3, -0.25) is 4.98 Å². The predicted octanol–water partition coefficient (Wildman–Crippen LogP) is 2.91. The average Bonchev–Trinajstić information content (AvgIpc) is 3.14. The minimum Gasteiger partial charge on any atom is -0.313 e. The number of benzene rings is 1. The van der Waals surface area contributed by atoms with Gasteiger partial charge in [-0.1, -0.05) is 12.1 Å². The highest BCUT2D eigenvalue weighted by Gasteiger charge is 2.31. The third-order valence-corrected chi connectivity index (χ3v) is 3.39. The summed E-state index contributed by atoms with van der Waals surface area (Å²) in [5.41, 5.74) is 2.47. The fraction of sp³-hybridized carbons (Fsp3) is 0.357. The van der Waals surface area contributed by atoms with Gasteiger partial charge < -0.3 is 5.32 Å². The quantitative estimate of drug-likeness (QED) is 0.846. The van der Waals surface area contributed by atoms with E-state index < -0.39 is 0 Å². The highest BCUT2D eigenvalue weighted by atomic mass is 14.9. The number of rotatable bonds is 3. The highest BCUT2D eigenvalue weighted by Crippen LogP contribution is 2.41. The Kier molecular flexibility index (Phi) is 2.37. The van der Waals surface area contributed by atoms with Crippen molar-refractivity contribution in [2.75, 3.05) is 7.05 Å². The molecule has 2 nitrogen and oxygen atoms in total. The summed E-state index contributed by atoms with van der Waals surface area (Å²) in [6, 6.07) is 11.2. The number of aromatic nitrogens is 1. The molecule has 1 heterocycles. The second-order valence-corrected chi connectivity index (χ2v) is 4.56. The highest BCUT2D eigenvalue weighted by molar-refractivity contribution is 5.79. The van der Waals surface area contributed by atoms with Crippen LogP contribution in [0.1, 0.15) is 24.4 Å². The second-order valence-electron chi connectivity index (χ2n) is 4.56. The molecule has 1 atom stereocenters. The molecule has 0 radical (unpaired) electrons. The number of hydrogen-bond donors (Lipinski definition) is 1. The zero-order valence-corrected chi connectivity index (χ0v) is 9.48. The lowest BCUT2D eigenvalue weighted by Crippen LogP contribution is -2.18. The summed E-state index contributed by atoms with van der Waals surface area (Å²) in [4.78, 5) is 4.35. The molecule has 16 heavy (non-hydrogen) atoms. The second kappa shape index (κ2) is 3.87. The third-order valence-electron chi connectivity index (χ3n) is 3.39. The number of nitrogens with zero attached hydrogens (tertiary/aromatic N) is 1. The molecule has 1 fully saturated rings. The molecule has 0 bridgehead atoms. The Balaban J connectivity index is 2.03. The van der Waals surface area contributed by atoms with E-state index in [4.69, 9.17) is 0 Å². The lowest BCUT2D eigenvalue weighted by Gasteiger charge is -2.16. The molecular formula is C14H16N2. The first kappa shape index (κ1) is 9.79. The van der Waals surface area contributed by atoms with Crippen LogP contribution in [0.15, 0.2) is 36.5 Å². The minimum atomic E-state index is 0.518. The summed E-state index contributed by atoms with van der Waals surface area (Å²) in [5, 5.41) is 4.66. The van der Waals surface area contributed by atoms with Crippen LogP contribution in [0.5, 0.6) is 0 Å². The van der Waals surface area contributed by atoms with E-state index in [1.165, 1.54) is 23.8 Å². The van der Waals surface area contributed by atoms with Crippen LogP contribution in [-0.4, -0.2) is 12.0 Å². The van der Waals surface area contributed by atoms with Crippen LogP contribution in [0, 0.1) is 5.92 Å². The Morgan fingerprint density at radius 3 is 2.94 bits per heavy atom. The van der Waals surface area contributed by atoms with E-state index in [1.807, 2.05) is 12.3 Å². The topological polar surface area (TPSA) is 24.9 Å². The summed E-state index contributed by atoms with van der Waals surface area (Å²) in [6.45, 7) is 0. The van der Waals surface area contributed by atoms with E-state index in [0.717, 1.165) is 11.4 Å². The molecule has 0 amide bonds. The maximum absolute atomic E-state index is 4.35. The minimum absolute atomic E-state index is 0.518. The van der Waals surface area contributed by atoms with Crippen LogP contribution in [0.2, 0.25) is 0 Å². The lowest BCUT2D eigenvalue weighted by atomic mass is 10.0. The van der Waals surface area contributed by atoms with E-state index in [-0.39, 0.29) is 0 Å². The van der Waals surface area contributed by atoms with Gasteiger partial charge in [0.05, 0.1) is 5.52 Å². The van der Waals surface area contributed by atoms with Crippen molar-refractivity contribution < 1.29 is 0 Å². The van der Waals surface area contributed by atoms with Crippen molar-refractivity contribution >= 4 is 10.9 Å². The molecule has 0 saturated heterocycles. The molecule has 1 aromatic heterocycles. The van der Waals surface area contributed by atoms with Crippen molar-refractivity contribution in [3.8, 4) is 0 Å². The van der Waals surface area contributed by atoms with Crippen LogP contribution in [0.4, 0.5) is 0 Å². The molecule has 1 unspecified atom stereocenters.